The van der Waals surface area contributed by atoms with Crippen LogP contribution in [0.4, 0.5) is 9.59 Å². The third-order valence-electron chi connectivity index (χ3n) is 7.33. The summed E-state index contributed by atoms with van der Waals surface area (Å²) in [7, 11) is 2.74. The van der Waals surface area contributed by atoms with Gasteiger partial charge in [0.15, 0.2) is 0 Å². The van der Waals surface area contributed by atoms with E-state index >= 15 is 0 Å². The van der Waals surface area contributed by atoms with Crippen LogP contribution in [0.1, 0.15) is 125 Å². The molecule has 2 unspecified atom stereocenters. The summed E-state index contributed by atoms with van der Waals surface area (Å²) in [4.78, 5) is 46.5. The maximum Gasteiger partial charge on any atom is 0.407 e. The van der Waals surface area contributed by atoms with Crippen molar-refractivity contribution < 1.29 is 38.1 Å². The van der Waals surface area contributed by atoms with Gasteiger partial charge in [0, 0.05) is 12.1 Å². The fourth-order valence-corrected chi connectivity index (χ4v) is 5.20. The first-order valence-corrected chi connectivity index (χ1v) is 15.8. The molecule has 0 bridgehead atoms. The van der Waals surface area contributed by atoms with Gasteiger partial charge in [-0.3, -0.25) is 0 Å². The van der Waals surface area contributed by atoms with Gasteiger partial charge >= 0.3 is 24.1 Å². The number of ether oxygens (including phenoxy) is 4. The van der Waals surface area contributed by atoms with Crippen LogP contribution in [0.15, 0.2) is 48.5 Å². The second-order valence-corrected chi connectivity index (χ2v) is 13.8. The molecule has 2 aromatic carbocycles. The Balaban J connectivity index is 0.000000320. The Morgan fingerprint density at radius 1 is 0.739 bits per heavy atom. The molecule has 10 heteroatoms. The van der Waals surface area contributed by atoms with Gasteiger partial charge < -0.3 is 29.6 Å². The molecule has 0 aliphatic heterocycles. The van der Waals surface area contributed by atoms with E-state index in [-0.39, 0.29) is 36.0 Å². The van der Waals surface area contributed by atoms with Gasteiger partial charge in [0.05, 0.1) is 25.3 Å². The molecule has 46 heavy (non-hydrogen) atoms. The highest BCUT2D eigenvalue weighted by Crippen LogP contribution is 2.34. The topological polar surface area (TPSA) is 129 Å². The third kappa shape index (κ3) is 13.5. The van der Waals surface area contributed by atoms with Crippen LogP contribution in [0.5, 0.6) is 0 Å². The molecule has 0 aromatic heterocycles. The predicted molar refractivity (Wildman–Crippen MR) is 177 cm³/mol. The zero-order valence-corrected chi connectivity index (χ0v) is 29.0. The Bertz CT molecular complexity index is 1290. The number of amides is 2. The number of carbonyl (C=O) groups excluding carboxylic acids is 4. The summed E-state index contributed by atoms with van der Waals surface area (Å²) in [5.41, 5.74) is 2.40. The van der Waals surface area contributed by atoms with Gasteiger partial charge in [-0.25, -0.2) is 19.2 Å². The summed E-state index contributed by atoms with van der Waals surface area (Å²) in [6.45, 7) is 15.1. The van der Waals surface area contributed by atoms with Crippen molar-refractivity contribution in [1.82, 2.24) is 10.6 Å². The Labute approximate surface area is 273 Å². The summed E-state index contributed by atoms with van der Waals surface area (Å²) < 4.78 is 19.9. The van der Waals surface area contributed by atoms with Crippen molar-refractivity contribution in [2.24, 2.45) is 0 Å². The van der Waals surface area contributed by atoms with Crippen LogP contribution >= 0.6 is 0 Å². The minimum Gasteiger partial charge on any atom is -0.465 e. The van der Waals surface area contributed by atoms with Crippen LogP contribution in [0, 0.1) is 0 Å². The summed E-state index contributed by atoms with van der Waals surface area (Å²) in [6.07, 6.45) is 2.84. The first-order chi connectivity index (χ1) is 21.4. The lowest BCUT2D eigenvalue weighted by Gasteiger charge is -2.23. The van der Waals surface area contributed by atoms with E-state index in [0.29, 0.717) is 17.0 Å². The van der Waals surface area contributed by atoms with Crippen molar-refractivity contribution in [1.29, 1.82) is 0 Å². The van der Waals surface area contributed by atoms with E-state index in [1.807, 2.05) is 72.7 Å². The van der Waals surface area contributed by atoms with Gasteiger partial charge in [0.25, 0.3) is 0 Å². The summed E-state index contributed by atoms with van der Waals surface area (Å²) in [5.74, 6) is -0.0372. The van der Waals surface area contributed by atoms with E-state index in [1.54, 1.807) is 24.3 Å². The summed E-state index contributed by atoms with van der Waals surface area (Å²) in [6, 6.07) is 15.0. The molecule has 0 spiro atoms. The minimum atomic E-state index is -0.501. The molecule has 1 aliphatic carbocycles. The number of alkyl carbamates (subject to hydrolysis) is 2. The second-order valence-electron chi connectivity index (χ2n) is 13.8. The highest BCUT2D eigenvalue weighted by atomic mass is 16.6. The number of carbonyl (C=O) groups is 4. The van der Waals surface area contributed by atoms with Crippen molar-refractivity contribution >= 4 is 24.1 Å². The lowest BCUT2D eigenvalue weighted by Crippen LogP contribution is -2.38. The third-order valence-corrected chi connectivity index (χ3v) is 7.33. The maximum absolute atomic E-state index is 11.8. The van der Waals surface area contributed by atoms with Crippen LogP contribution in [0.2, 0.25) is 0 Å². The summed E-state index contributed by atoms with van der Waals surface area (Å²) >= 11 is 0. The van der Waals surface area contributed by atoms with E-state index in [1.165, 1.54) is 19.8 Å². The number of esters is 2. The summed E-state index contributed by atoms with van der Waals surface area (Å²) in [5, 5.41) is 5.78. The fraction of sp³-hybridized carbons (Fsp3) is 0.556. The fourth-order valence-electron chi connectivity index (χ4n) is 5.20. The number of rotatable bonds is 8. The van der Waals surface area contributed by atoms with Crippen molar-refractivity contribution in [2.75, 3.05) is 14.2 Å². The van der Waals surface area contributed by atoms with Crippen LogP contribution < -0.4 is 10.6 Å². The van der Waals surface area contributed by atoms with Crippen molar-refractivity contribution in [2.45, 2.75) is 116 Å². The lowest BCUT2D eigenvalue weighted by atomic mass is 9.94. The first kappa shape index (κ1) is 38.1. The number of hydrogen-bond acceptors (Lipinski definition) is 8. The average molecular weight is 641 g/mol. The predicted octanol–water partition coefficient (Wildman–Crippen LogP) is 7.51. The Kier molecular flexibility index (Phi) is 14.1. The largest absolute Gasteiger partial charge is 0.465 e. The quantitative estimate of drug-likeness (QED) is 0.224. The van der Waals surface area contributed by atoms with Crippen molar-refractivity contribution in [3.8, 4) is 0 Å². The van der Waals surface area contributed by atoms with E-state index in [4.69, 9.17) is 14.2 Å². The van der Waals surface area contributed by atoms with E-state index in [9.17, 15) is 19.2 Å². The molecule has 0 heterocycles. The standard InChI is InChI=1S/C18H25NO4.C18H27NO4/c1-18(2,3)23-17(21)19-15-10-9-14(11-15)12-5-7-13(8-6-12)16(20)22-4;1-12(11-13(2)19-17(21)23-18(3,4)5)14-7-9-15(10-8-14)16(20)22-6/h5-8,14-15H,9-11H2,1-4H3,(H,19,21);7-10,12-13H,11H2,1-6H3,(H,19,21)/t14-,15+;/m0./s1. The Morgan fingerprint density at radius 3 is 1.70 bits per heavy atom. The molecule has 1 fully saturated rings. The van der Waals surface area contributed by atoms with Gasteiger partial charge in [-0.2, -0.15) is 0 Å². The average Bonchev–Trinajstić information content (AvgIpc) is 3.42. The molecule has 1 saturated carbocycles. The highest BCUT2D eigenvalue weighted by Gasteiger charge is 2.28. The molecule has 254 valence electrons. The molecule has 0 saturated heterocycles. The van der Waals surface area contributed by atoms with E-state index in [0.717, 1.165) is 31.2 Å². The molecule has 2 N–H and O–H groups in total. The van der Waals surface area contributed by atoms with E-state index in [2.05, 4.69) is 22.3 Å². The van der Waals surface area contributed by atoms with Crippen LogP contribution in [-0.2, 0) is 18.9 Å². The monoisotopic (exact) mass is 640 g/mol. The molecule has 0 radical (unpaired) electrons. The van der Waals surface area contributed by atoms with Gasteiger partial charge in [0.2, 0.25) is 0 Å². The van der Waals surface area contributed by atoms with Crippen LogP contribution in [0.25, 0.3) is 0 Å². The lowest BCUT2D eigenvalue weighted by molar-refractivity contribution is 0.0493. The SMILES string of the molecule is COC(=O)c1ccc(C(C)CC(C)NC(=O)OC(C)(C)C)cc1.COC(=O)c1ccc([C@H]2CC[C@@H](NC(=O)OC(C)(C)C)C2)cc1. The molecule has 2 aromatic rings. The molecule has 10 nitrogen and oxygen atoms in total. The normalized spacial score (nSPS) is 17.3. The van der Waals surface area contributed by atoms with Gasteiger partial charge in [-0.05, 0) is 121 Å². The minimum absolute atomic E-state index is 0.0138. The first-order valence-electron chi connectivity index (χ1n) is 15.8. The van der Waals surface area contributed by atoms with Crippen LogP contribution in [0.3, 0.4) is 0 Å². The highest BCUT2D eigenvalue weighted by molar-refractivity contribution is 5.89. The molecule has 3 rings (SSSR count). The molecular weight excluding hydrogens is 588 g/mol. The Hall–Kier alpha value is -4.08. The van der Waals surface area contributed by atoms with Crippen molar-refractivity contribution in [3.05, 3.63) is 70.8 Å². The number of benzene rings is 2. The second kappa shape index (κ2) is 17.0. The van der Waals surface area contributed by atoms with Crippen molar-refractivity contribution in [3.63, 3.8) is 0 Å². The van der Waals surface area contributed by atoms with Gasteiger partial charge in [-0.15, -0.1) is 0 Å². The zero-order valence-electron chi connectivity index (χ0n) is 29.0. The molecule has 1 aliphatic rings. The Morgan fingerprint density at radius 2 is 1.22 bits per heavy atom. The smallest absolute Gasteiger partial charge is 0.407 e. The van der Waals surface area contributed by atoms with E-state index < -0.39 is 17.3 Å². The zero-order chi connectivity index (χ0) is 34.7. The number of hydrogen-bond donors (Lipinski definition) is 2. The number of nitrogens with one attached hydrogen (secondary N) is 2. The van der Waals surface area contributed by atoms with Gasteiger partial charge in [0.1, 0.15) is 11.2 Å². The maximum atomic E-state index is 11.8. The van der Waals surface area contributed by atoms with Crippen LogP contribution in [-0.4, -0.2) is 61.6 Å². The molecular formula is C36H52N2O8. The molecule has 4 atom stereocenters. The molecule has 2 amide bonds. The number of methoxy groups -OCH3 is 2. The van der Waals surface area contributed by atoms with Gasteiger partial charge in [-0.1, -0.05) is 31.2 Å².